The second kappa shape index (κ2) is 4.68. The standard InChI is InChI=1S/C15H12F2N2O/c16-9-5-7-10(8-6-9)19-14(13(18)15(19)20)11-3-1-2-4-12(11)17/h1-8,13-14H,18H2/t13-,14-/m1/s1. The Morgan fingerprint density at radius 3 is 2.30 bits per heavy atom. The Balaban J connectivity index is 2.00. The van der Waals surface area contributed by atoms with Gasteiger partial charge in [0.2, 0.25) is 5.91 Å². The van der Waals surface area contributed by atoms with Gasteiger partial charge in [0.1, 0.15) is 17.7 Å². The lowest BCUT2D eigenvalue weighted by molar-refractivity contribution is -0.126. The minimum atomic E-state index is -0.781. The molecule has 0 aromatic heterocycles. The third-order valence-corrected chi connectivity index (χ3v) is 3.47. The van der Waals surface area contributed by atoms with E-state index in [1.165, 1.54) is 35.2 Å². The highest BCUT2D eigenvalue weighted by Gasteiger charge is 2.47. The van der Waals surface area contributed by atoms with Gasteiger partial charge in [0, 0.05) is 11.3 Å². The van der Waals surface area contributed by atoms with Crippen molar-refractivity contribution in [2.24, 2.45) is 5.73 Å². The molecular formula is C15H12F2N2O. The van der Waals surface area contributed by atoms with E-state index in [0.717, 1.165) is 0 Å². The Morgan fingerprint density at radius 1 is 1.00 bits per heavy atom. The van der Waals surface area contributed by atoms with Crippen LogP contribution in [0.25, 0.3) is 0 Å². The summed E-state index contributed by atoms with van der Waals surface area (Å²) in [5.41, 5.74) is 6.66. The molecule has 20 heavy (non-hydrogen) atoms. The molecule has 102 valence electrons. The van der Waals surface area contributed by atoms with Crippen LogP contribution in [0.3, 0.4) is 0 Å². The molecular weight excluding hydrogens is 262 g/mol. The predicted molar refractivity (Wildman–Crippen MR) is 71.0 cm³/mol. The van der Waals surface area contributed by atoms with Gasteiger partial charge in [0.15, 0.2) is 0 Å². The van der Waals surface area contributed by atoms with Crippen molar-refractivity contribution in [1.82, 2.24) is 0 Å². The molecule has 0 unspecified atom stereocenters. The van der Waals surface area contributed by atoms with Crippen LogP contribution in [0.1, 0.15) is 11.6 Å². The number of benzene rings is 2. The van der Waals surface area contributed by atoms with E-state index >= 15 is 0 Å². The number of carbonyl (C=O) groups excluding carboxylic acids is 1. The summed E-state index contributed by atoms with van der Waals surface area (Å²) in [5.74, 6) is -1.11. The highest BCUT2D eigenvalue weighted by Crippen LogP contribution is 2.38. The monoisotopic (exact) mass is 274 g/mol. The molecule has 2 aromatic carbocycles. The first-order valence-electron chi connectivity index (χ1n) is 6.18. The van der Waals surface area contributed by atoms with Gasteiger partial charge in [-0.1, -0.05) is 18.2 Å². The predicted octanol–water partition coefficient (Wildman–Crippen LogP) is 2.38. The fraction of sp³-hybridized carbons (Fsp3) is 0.133. The molecule has 1 amide bonds. The lowest BCUT2D eigenvalue weighted by Crippen LogP contribution is -2.63. The van der Waals surface area contributed by atoms with E-state index in [0.29, 0.717) is 11.3 Å². The summed E-state index contributed by atoms with van der Waals surface area (Å²) in [7, 11) is 0. The molecule has 1 aliphatic heterocycles. The van der Waals surface area contributed by atoms with Gasteiger partial charge in [-0.05, 0) is 30.3 Å². The number of carbonyl (C=O) groups is 1. The lowest BCUT2D eigenvalue weighted by atomic mass is 9.88. The summed E-state index contributed by atoms with van der Waals surface area (Å²) in [6.45, 7) is 0. The smallest absolute Gasteiger partial charge is 0.247 e. The van der Waals surface area contributed by atoms with Gasteiger partial charge in [-0.25, -0.2) is 8.78 Å². The number of nitrogens with zero attached hydrogens (tertiary/aromatic N) is 1. The van der Waals surface area contributed by atoms with E-state index in [-0.39, 0.29) is 5.91 Å². The summed E-state index contributed by atoms with van der Waals surface area (Å²) in [6, 6.07) is 10.3. The molecule has 3 rings (SSSR count). The number of hydrogen-bond donors (Lipinski definition) is 1. The normalized spacial score (nSPS) is 21.8. The van der Waals surface area contributed by atoms with Crippen molar-refractivity contribution in [3.63, 3.8) is 0 Å². The minimum Gasteiger partial charge on any atom is -0.318 e. The molecule has 2 N–H and O–H groups in total. The third kappa shape index (κ3) is 1.87. The van der Waals surface area contributed by atoms with Crippen molar-refractivity contribution in [2.45, 2.75) is 12.1 Å². The number of nitrogens with two attached hydrogens (primary N) is 1. The Hall–Kier alpha value is -2.27. The number of halogens is 2. The quantitative estimate of drug-likeness (QED) is 0.855. The highest BCUT2D eigenvalue weighted by molar-refractivity contribution is 6.05. The van der Waals surface area contributed by atoms with Crippen LogP contribution in [-0.4, -0.2) is 11.9 Å². The molecule has 1 aliphatic rings. The molecule has 3 nitrogen and oxygen atoms in total. The van der Waals surface area contributed by atoms with E-state index in [2.05, 4.69) is 0 Å². The van der Waals surface area contributed by atoms with E-state index in [9.17, 15) is 13.6 Å². The first-order valence-corrected chi connectivity index (χ1v) is 6.18. The van der Waals surface area contributed by atoms with Gasteiger partial charge in [-0.3, -0.25) is 4.79 Å². The van der Waals surface area contributed by atoms with Crippen LogP contribution in [0.15, 0.2) is 48.5 Å². The van der Waals surface area contributed by atoms with Gasteiger partial charge in [0.25, 0.3) is 0 Å². The molecule has 1 saturated heterocycles. The van der Waals surface area contributed by atoms with Gasteiger partial charge < -0.3 is 10.6 Å². The van der Waals surface area contributed by atoms with Gasteiger partial charge >= 0.3 is 0 Å². The molecule has 1 fully saturated rings. The van der Waals surface area contributed by atoms with Crippen LogP contribution < -0.4 is 10.6 Å². The molecule has 0 radical (unpaired) electrons. The summed E-state index contributed by atoms with van der Waals surface area (Å²) >= 11 is 0. The second-order valence-electron chi connectivity index (χ2n) is 4.68. The van der Waals surface area contributed by atoms with Gasteiger partial charge in [0.05, 0.1) is 6.04 Å². The van der Waals surface area contributed by atoms with E-state index in [1.807, 2.05) is 0 Å². The Labute approximate surface area is 114 Å². The van der Waals surface area contributed by atoms with Crippen molar-refractivity contribution in [1.29, 1.82) is 0 Å². The van der Waals surface area contributed by atoms with Gasteiger partial charge in [-0.2, -0.15) is 0 Å². The van der Waals surface area contributed by atoms with Crippen LogP contribution >= 0.6 is 0 Å². The molecule has 5 heteroatoms. The van der Waals surface area contributed by atoms with Gasteiger partial charge in [-0.15, -0.1) is 0 Å². The first-order chi connectivity index (χ1) is 9.59. The fourth-order valence-corrected chi connectivity index (χ4v) is 2.45. The SMILES string of the molecule is N[C@H]1C(=O)N(c2ccc(F)cc2)[C@@H]1c1ccccc1F. The molecule has 0 bridgehead atoms. The summed E-state index contributed by atoms with van der Waals surface area (Å²) in [5, 5.41) is 0. The Kier molecular flexibility index (Phi) is 2.99. The maximum atomic E-state index is 13.9. The van der Waals surface area contributed by atoms with Crippen LogP contribution in [0.5, 0.6) is 0 Å². The van der Waals surface area contributed by atoms with E-state index < -0.39 is 23.7 Å². The average molecular weight is 274 g/mol. The molecule has 0 spiro atoms. The van der Waals surface area contributed by atoms with Crippen LogP contribution in [-0.2, 0) is 4.79 Å². The van der Waals surface area contributed by atoms with Crippen molar-refractivity contribution in [3.8, 4) is 0 Å². The number of rotatable bonds is 2. The zero-order valence-electron chi connectivity index (χ0n) is 10.5. The molecule has 0 saturated carbocycles. The minimum absolute atomic E-state index is 0.301. The number of amides is 1. The zero-order chi connectivity index (χ0) is 14.3. The molecule has 0 aliphatic carbocycles. The second-order valence-corrected chi connectivity index (χ2v) is 4.68. The van der Waals surface area contributed by atoms with Crippen LogP contribution in [0.4, 0.5) is 14.5 Å². The van der Waals surface area contributed by atoms with Crippen LogP contribution in [0, 0.1) is 11.6 Å². The Bertz CT molecular complexity index is 657. The van der Waals surface area contributed by atoms with Crippen molar-refractivity contribution in [3.05, 3.63) is 65.7 Å². The van der Waals surface area contributed by atoms with Crippen molar-refractivity contribution < 1.29 is 13.6 Å². The number of anilines is 1. The fourth-order valence-electron chi connectivity index (χ4n) is 2.45. The topological polar surface area (TPSA) is 46.3 Å². The summed E-state index contributed by atoms with van der Waals surface area (Å²) in [6.07, 6.45) is 0. The number of β-lactam (4-membered cyclic amide) rings is 1. The van der Waals surface area contributed by atoms with Crippen molar-refractivity contribution in [2.75, 3.05) is 4.90 Å². The maximum Gasteiger partial charge on any atom is 0.247 e. The molecule has 1 heterocycles. The maximum absolute atomic E-state index is 13.9. The number of hydrogen-bond acceptors (Lipinski definition) is 2. The summed E-state index contributed by atoms with van der Waals surface area (Å²) < 4.78 is 26.8. The zero-order valence-corrected chi connectivity index (χ0v) is 10.5. The third-order valence-electron chi connectivity index (χ3n) is 3.47. The lowest BCUT2D eigenvalue weighted by Gasteiger charge is -2.45. The van der Waals surface area contributed by atoms with E-state index in [1.54, 1.807) is 18.2 Å². The average Bonchev–Trinajstić information content (AvgIpc) is 2.46. The summed E-state index contributed by atoms with van der Waals surface area (Å²) in [4.78, 5) is 13.3. The first kappa shape index (κ1) is 12.7. The largest absolute Gasteiger partial charge is 0.318 e. The van der Waals surface area contributed by atoms with Crippen LogP contribution in [0.2, 0.25) is 0 Å². The highest BCUT2D eigenvalue weighted by atomic mass is 19.1. The Morgan fingerprint density at radius 2 is 1.65 bits per heavy atom. The molecule has 2 aromatic rings. The van der Waals surface area contributed by atoms with E-state index in [4.69, 9.17) is 5.73 Å². The van der Waals surface area contributed by atoms with Crippen molar-refractivity contribution >= 4 is 11.6 Å². The molecule has 2 atom stereocenters.